The van der Waals surface area contributed by atoms with E-state index in [2.05, 4.69) is 35.5 Å². The summed E-state index contributed by atoms with van der Waals surface area (Å²) in [5.74, 6) is 0. The Bertz CT molecular complexity index is 447. The molecule has 1 N–H and O–H groups in total. The molecule has 0 radical (unpaired) electrons. The molecule has 1 aliphatic heterocycles. The van der Waals surface area contributed by atoms with Gasteiger partial charge < -0.3 is 10.2 Å². The molecule has 1 heterocycles. The lowest BCUT2D eigenvalue weighted by Gasteiger charge is -2.28. The molecule has 1 aromatic rings. The van der Waals surface area contributed by atoms with Gasteiger partial charge in [0.15, 0.2) is 0 Å². The maximum atomic E-state index is 3.81. The number of fused-ring (bicyclic) bond motifs is 1. The monoisotopic (exact) mass is 286 g/mol. The molecule has 1 fully saturated rings. The number of hydrogen-bond donors (Lipinski definition) is 1. The highest BCUT2D eigenvalue weighted by atomic mass is 15.1. The molecule has 2 aliphatic rings. The molecular weight excluding hydrogens is 256 g/mol. The molecule has 0 spiro atoms. The quantitative estimate of drug-likeness (QED) is 0.892. The predicted octanol–water partition coefficient (Wildman–Crippen LogP) is 4.27. The summed E-state index contributed by atoms with van der Waals surface area (Å²) in [6.07, 6.45) is 12.4. The highest BCUT2D eigenvalue weighted by Crippen LogP contribution is 2.27. The molecule has 0 atom stereocenters. The number of benzene rings is 1. The van der Waals surface area contributed by atoms with Crippen molar-refractivity contribution in [2.45, 2.75) is 70.4 Å². The van der Waals surface area contributed by atoms with Crippen LogP contribution in [0.15, 0.2) is 18.2 Å². The molecule has 0 bridgehead atoms. The number of anilines is 1. The number of aryl methyl sites for hydroxylation is 1. The molecule has 21 heavy (non-hydrogen) atoms. The predicted molar refractivity (Wildman–Crippen MR) is 91.0 cm³/mol. The van der Waals surface area contributed by atoms with Crippen LogP contribution in [-0.2, 0) is 13.0 Å². The first-order valence-electron chi connectivity index (χ1n) is 8.89. The third-order valence-corrected chi connectivity index (χ3v) is 5.19. The van der Waals surface area contributed by atoms with Gasteiger partial charge in [-0.15, -0.1) is 0 Å². The summed E-state index contributed by atoms with van der Waals surface area (Å²) >= 11 is 0. The first-order valence-corrected chi connectivity index (χ1v) is 8.89. The fourth-order valence-electron chi connectivity index (χ4n) is 3.87. The molecule has 0 aromatic heterocycles. The normalized spacial score (nSPS) is 20.7. The smallest absolute Gasteiger partial charge is 0.0396 e. The molecule has 1 aliphatic carbocycles. The first kappa shape index (κ1) is 14.9. The van der Waals surface area contributed by atoms with Crippen LogP contribution in [0, 0.1) is 0 Å². The van der Waals surface area contributed by atoms with E-state index < -0.39 is 0 Å². The summed E-state index contributed by atoms with van der Waals surface area (Å²) in [5, 5.41) is 3.81. The van der Waals surface area contributed by atoms with Gasteiger partial charge in [0.05, 0.1) is 0 Å². The fraction of sp³-hybridized carbons (Fsp3) is 0.684. The second-order valence-corrected chi connectivity index (χ2v) is 6.91. The third kappa shape index (κ3) is 4.00. The minimum Gasteiger partial charge on any atom is -0.374 e. The molecule has 0 unspecified atom stereocenters. The summed E-state index contributed by atoms with van der Waals surface area (Å²) in [6, 6.07) is 7.81. The second kappa shape index (κ2) is 7.31. The zero-order valence-corrected chi connectivity index (χ0v) is 13.5. The highest BCUT2D eigenvalue weighted by molar-refractivity contribution is 5.56. The molecule has 3 rings (SSSR count). The lowest BCUT2D eigenvalue weighted by molar-refractivity contribution is 0.389. The van der Waals surface area contributed by atoms with E-state index in [0.717, 1.165) is 12.6 Å². The van der Waals surface area contributed by atoms with Gasteiger partial charge in [-0.3, -0.25) is 0 Å². The lowest BCUT2D eigenvalue weighted by atomic mass is 9.96. The maximum Gasteiger partial charge on any atom is 0.0396 e. The van der Waals surface area contributed by atoms with Crippen molar-refractivity contribution in [2.24, 2.45) is 0 Å². The van der Waals surface area contributed by atoms with Gasteiger partial charge in [0.25, 0.3) is 0 Å². The van der Waals surface area contributed by atoms with Gasteiger partial charge in [0.1, 0.15) is 0 Å². The third-order valence-electron chi connectivity index (χ3n) is 5.19. The minimum absolute atomic E-state index is 0.740. The van der Waals surface area contributed by atoms with Crippen LogP contribution >= 0.6 is 0 Å². The Morgan fingerprint density at radius 3 is 2.62 bits per heavy atom. The van der Waals surface area contributed by atoms with Crippen molar-refractivity contribution in [2.75, 3.05) is 18.5 Å². The SMILES string of the molecule is CN1CCCc2cc(CNC3CCCCCCC3)ccc21. The van der Waals surface area contributed by atoms with E-state index in [0.29, 0.717) is 0 Å². The summed E-state index contributed by atoms with van der Waals surface area (Å²) in [4.78, 5) is 2.39. The Balaban J connectivity index is 1.57. The summed E-state index contributed by atoms with van der Waals surface area (Å²) in [6.45, 7) is 2.24. The number of hydrogen-bond acceptors (Lipinski definition) is 2. The molecule has 1 aromatic carbocycles. The second-order valence-electron chi connectivity index (χ2n) is 6.91. The highest BCUT2D eigenvalue weighted by Gasteiger charge is 2.14. The van der Waals surface area contributed by atoms with Gasteiger partial charge in [-0.05, 0) is 42.9 Å². The Morgan fingerprint density at radius 2 is 1.81 bits per heavy atom. The standard InChI is InChI=1S/C19H30N2/c1-21-13-7-8-17-14-16(11-12-19(17)21)15-20-18-9-5-3-2-4-6-10-18/h11-12,14,18,20H,2-10,13,15H2,1H3. The van der Waals surface area contributed by atoms with Gasteiger partial charge in [-0.1, -0.05) is 44.2 Å². The topological polar surface area (TPSA) is 15.3 Å². The van der Waals surface area contributed by atoms with E-state index in [-0.39, 0.29) is 0 Å². The molecule has 116 valence electrons. The first-order chi connectivity index (χ1) is 10.3. The van der Waals surface area contributed by atoms with E-state index in [1.54, 1.807) is 5.56 Å². The molecule has 0 amide bonds. The van der Waals surface area contributed by atoms with Gasteiger partial charge in [0, 0.05) is 31.9 Å². The van der Waals surface area contributed by atoms with E-state index in [1.165, 1.54) is 75.6 Å². The van der Waals surface area contributed by atoms with Crippen LogP contribution < -0.4 is 10.2 Å². The van der Waals surface area contributed by atoms with Gasteiger partial charge in [0.2, 0.25) is 0 Å². The van der Waals surface area contributed by atoms with Crippen molar-refractivity contribution in [3.05, 3.63) is 29.3 Å². The van der Waals surface area contributed by atoms with Crippen LogP contribution in [0.25, 0.3) is 0 Å². The minimum atomic E-state index is 0.740. The largest absolute Gasteiger partial charge is 0.374 e. The van der Waals surface area contributed by atoms with Gasteiger partial charge in [-0.2, -0.15) is 0 Å². The van der Waals surface area contributed by atoms with Crippen LogP contribution in [0.1, 0.15) is 62.5 Å². The van der Waals surface area contributed by atoms with E-state index in [9.17, 15) is 0 Å². The number of rotatable bonds is 3. The average molecular weight is 286 g/mol. The van der Waals surface area contributed by atoms with Crippen LogP contribution in [0.5, 0.6) is 0 Å². The van der Waals surface area contributed by atoms with E-state index in [4.69, 9.17) is 0 Å². The summed E-state index contributed by atoms with van der Waals surface area (Å²) in [7, 11) is 2.21. The van der Waals surface area contributed by atoms with Gasteiger partial charge >= 0.3 is 0 Å². The Kier molecular flexibility index (Phi) is 5.18. The number of nitrogens with one attached hydrogen (secondary N) is 1. The number of nitrogens with zero attached hydrogens (tertiary/aromatic N) is 1. The Hall–Kier alpha value is -1.02. The van der Waals surface area contributed by atoms with Crippen molar-refractivity contribution >= 4 is 5.69 Å². The zero-order chi connectivity index (χ0) is 14.5. The van der Waals surface area contributed by atoms with Crippen molar-refractivity contribution in [3.63, 3.8) is 0 Å². The van der Waals surface area contributed by atoms with E-state index in [1.807, 2.05) is 0 Å². The van der Waals surface area contributed by atoms with Crippen LogP contribution in [0.4, 0.5) is 5.69 Å². The Labute approximate surface area is 129 Å². The zero-order valence-electron chi connectivity index (χ0n) is 13.5. The Morgan fingerprint density at radius 1 is 1.05 bits per heavy atom. The van der Waals surface area contributed by atoms with Crippen LogP contribution in [0.2, 0.25) is 0 Å². The molecule has 0 saturated heterocycles. The average Bonchev–Trinajstić information content (AvgIpc) is 2.46. The maximum absolute atomic E-state index is 3.81. The molecule has 2 heteroatoms. The van der Waals surface area contributed by atoms with Crippen LogP contribution in [0.3, 0.4) is 0 Å². The summed E-state index contributed by atoms with van der Waals surface area (Å²) < 4.78 is 0. The van der Waals surface area contributed by atoms with Crippen molar-refractivity contribution in [3.8, 4) is 0 Å². The fourth-order valence-corrected chi connectivity index (χ4v) is 3.87. The lowest BCUT2D eigenvalue weighted by Crippen LogP contribution is -2.29. The van der Waals surface area contributed by atoms with Gasteiger partial charge in [-0.25, -0.2) is 0 Å². The van der Waals surface area contributed by atoms with Crippen molar-refractivity contribution < 1.29 is 0 Å². The molecule has 1 saturated carbocycles. The molecular formula is C19H30N2. The van der Waals surface area contributed by atoms with E-state index >= 15 is 0 Å². The summed E-state index contributed by atoms with van der Waals surface area (Å²) in [5.41, 5.74) is 4.45. The van der Waals surface area contributed by atoms with Crippen molar-refractivity contribution in [1.29, 1.82) is 0 Å². The van der Waals surface area contributed by atoms with Crippen molar-refractivity contribution in [1.82, 2.24) is 5.32 Å². The van der Waals surface area contributed by atoms with Crippen LogP contribution in [-0.4, -0.2) is 19.6 Å². The molecule has 2 nitrogen and oxygen atoms in total.